The van der Waals surface area contributed by atoms with Gasteiger partial charge in [-0.15, -0.1) is 6.58 Å². The van der Waals surface area contributed by atoms with Gasteiger partial charge in [0.25, 0.3) is 5.91 Å². The Labute approximate surface area is 206 Å². The number of pyridine rings is 1. The standard InChI is InChI=1S/C28H31N3O4/c1-3-14-31(2)18-25-16-26(21-11-9-20(19-32)10-12-21)35-28(34-25)22-6-4-8-24(15-22)30-27(33)23-7-5-13-29-17-23/h3-13,15,17,25-26,28,32H,1,14,16,18-19H2,2H3,(H,30,33)/t25-,26+,28+/m1/s1. The van der Waals surface area contributed by atoms with Gasteiger partial charge in [-0.1, -0.05) is 42.5 Å². The number of nitrogens with zero attached hydrogens (tertiary/aromatic N) is 2. The molecule has 4 rings (SSSR count). The van der Waals surface area contributed by atoms with Gasteiger partial charge in [0.15, 0.2) is 6.29 Å². The second-order valence-electron chi connectivity index (χ2n) is 8.68. The lowest BCUT2D eigenvalue weighted by Crippen LogP contribution is -2.37. The molecule has 7 nitrogen and oxygen atoms in total. The fourth-order valence-electron chi connectivity index (χ4n) is 4.14. The van der Waals surface area contributed by atoms with E-state index < -0.39 is 6.29 Å². The maximum absolute atomic E-state index is 12.6. The van der Waals surface area contributed by atoms with Crippen molar-refractivity contribution < 1.29 is 19.4 Å². The molecule has 35 heavy (non-hydrogen) atoms. The Kier molecular flexibility index (Phi) is 8.39. The number of hydrogen-bond acceptors (Lipinski definition) is 6. The van der Waals surface area contributed by atoms with Gasteiger partial charge in [0, 0.05) is 43.2 Å². The van der Waals surface area contributed by atoms with Crippen LogP contribution in [0, 0.1) is 0 Å². The van der Waals surface area contributed by atoms with Crippen LogP contribution in [0.5, 0.6) is 0 Å². The number of carbonyl (C=O) groups excluding carboxylic acids is 1. The molecule has 1 saturated heterocycles. The fraction of sp³-hybridized carbons (Fsp3) is 0.286. The van der Waals surface area contributed by atoms with Crippen LogP contribution in [-0.2, 0) is 16.1 Å². The van der Waals surface area contributed by atoms with E-state index in [1.807, 2.05) is 61.7 Å². The summed E-state index contributed by atoms with van der Waals surface area (Å²) in [5, 5.41) is 12.3. The number of carbonyl (C=O) groups is 1. The summed E-state index contributed by atoms with van der Waals surface area (Å²) in [6.07, 6.45) is 4.91. The van der Waals surface area contributed by atoms with E-state index in [1.165, 1.54) is 6.20 Å². The number of aliphatic hydroxyl groups is 1. The SMILES string of the molecule is C=CCN(C)C[C@H]1C[C@@H](c2ccc(CO)cc2)O[C@@H](c2cccc(NC(=O)c3cccnc3)c2)O1. The molecule has 0 bridgehead atoms. The van der Waals surface area contributed by atoms with Crippen LogP contribution in [0.4, 0.5) is 5.69 Å². The highest BCUT2D eigenvalue weighted by atomic mass is 16.7. The third-order valence-corrected chi connectivity index (χ3v) is 5.91. The lowest BCUT2D eigenvalue weighted by atomic mass is 9.99. The molecular weight excluding hydrogens is 442 g/mol. The topological polar surface area (TPSA) is 83.9 Å². The van der Waals surface area contributed by atoms with Crippen molar-refractivity contribution in [2.45, 2.75) is 31.5 Å². The van der Waals surface area contributed by atoms with Gasteiger partial charge in [-0.05, 0) is 42.4 Å². The second-order valence-corrected chi connectivity index (χ2v) is 8.68. The molecule has 0 radical (unpaired) electrons. The Morgan fingerprint density at radius 1 is 1.17 bits per heavy atom. The van der Waals surface area contributed by atoms with Crippen LogP contribution in [0.1, 0.15) is 45.9 Å². The Bertz CT molecular complexity index is 1120. The predicted molar refractivity (Wildman–Crippen MR) is 135 cm³/mol. The van der Waals surface area contributed by atoms with Gasteiger partial charge in [0.1, 0.15) is 0 Å². The van der Waals surface area contributed by atoms with Crippen LogP contribution >= 0.6 is 0 Å². The smallest absolute Gasteiger partial charge is 0.257 e. The summed E-state index contributed by atoms with van der Waals surface area (Å²) in [5.41, 5.74) is 3.85. The Morgan fingerprint density at radius 2 is 2.00 bits per heavy atom. The minimum atomic E-state index is -0.594. The summed E-state index contributed by atoms with van der Waals surface area (Å²) in [6, 6.07) is 18.8. The molecule has 3 aromatic rings. The number of amides is 1. The van der Waals surface area contributed by atoms with Crippen LogP contribution in [-0.4, -0.2) is 47.1 Å². The van der Waals surface area contributed by atoms with Gasteiger partial charge in [-0.3, -0.25) is 9.78 Å². The number of nitrogens with one attached hydrogen (secondary N) is 1. The highest BCUT2D eigenvalue weighted by Crippen LogP contribution is 2.38. The number of ether oxygens (including phenoxy) is 2. The number of hydrogen-bond donors (Lipinski definition) is 2. The van der Waals surface area contributed by atoms with Gasteiger partial charge in [0.05, 0.1) is 24.4 Å². The summed E-state index contributed by atoms with van der Waals surface area (Å²) in [5.74, 6) is -0.230. The molecule has 1 amide bonds. The average Bonchev–Trinajstić information content (AvgIpc) is 2.89. The van der Waals surface area contributed by atoms with Gasteiger partial charge in [0.2, 0.25) is 0 Å². The average molecular weight is 474 g/mol. The van der Waals surface area contributed by atoms with Crippen molar-refractivity contribution in [1.29, 1.82) is 0 Å². The molecular formula is C28H31N3O4. The highest BCUT2D eigenvalue weighted by molar-refractivity contribution is 6.04. The summed E-state index contributed by atoms with van der Waals surface area (Å²) < 4.78 is 12.8. The van der Waals surface area contributed by atoms with E-state index in [0.29, 0.717) is 17.7 Å². The number of rotatable bonds is 9. The lowest BCUT2D eigenvalue weighted by molar-refractivity contribution is -0.252. The zero-order valence-corrected chi connectivity index (χ0v) is 19.8. The lowest BCUT2D eigenvalue weighted by Gasteiger charge is -2.37. The maximum Gasteiger partial charge on any atom is 0.257 e. The van der Waals surface area contributed by atoms with Gasteiger partial charge in [-0.2, -0.15) is 0 Å². The van der Waals surface area contributed by atoms with Gasteiger partial charge < -0.3 is 24.8 Å². The number of aromatic nitrogens is 1. The number of benzene rings is 2. The first-order valence-electron chi connectivity index (χ1n) is 11.7. The molecule has 2 N–H and O–H groups in total. The third-order valence-electron chi connectivity index (χ3n) is 5.91. The van der Waals surface area contributed by atoms with E-state index in [4.69, 9.17) is 9.47 Å². The Morgan fingerprint density at radius 3 is 2.71 bits per heavy atom. The van der Waals surface area contributed by atoms with Crippen molar-refractivity contribution in [2.75, 3.05) is 25.5 Å². The summed E-state index contributed by atoms with van der Waals surface area (Å²) in [4.78, 5) is 18.8. The van der Waals surface area contributed by atoms with Gasteiger partial charge in [-0.25, -0.2) is 0 Å². The first-order chi connectivity index (χ1) is 17.1. The number of anilines is 1. The zero-order chi connectivity index (χ0) is 24.6. The van der Waals surface area contributed by atoms with Gasteiger partial charge >= 0.3 is 0 Å². The first-order valence-corrected chi connectivity index (χ1v) is 11.7. The summed E-state index contributed by atoms with van der Waals surface area (Å²) >= 11 is 0. The minimum Gasteiger partial charge on any atom is -0.392 e. The molecule has 3 atom stereocenters. The summed E-state index contributed by atoms with van der Waals surface area (Å²) in [7, 11) is 2.04. The monoisotopic (exact) mass is 473 g/mol. The largest absolute Gasteiger partial charge is 0.392 e. The number of likely N-dealkylation sites (N-methyl/N-ethyl adjacent to an activating group) is 1. The molecule has 1 aliphatic heterocycles. The fourth-order valence-corrected chi connectivity index (χ4v) is 4.14. The van der Waals surface area contributed by atoms with E-state index in [2.05, 4.69) is 21.8 Å². The van der Waals surface area contributed by atoms with Crippen LogP contribution in [0.2, 0.25) is 0 Å². The Balaban J connectivity index is 1.54. The molecule has 0 aliphatic carbocycles. The molecule has 0 saturated carbocycles. The highest BCUT2D eigenvalue weighted by Gasteiger charge is 2.32. The molecule has 7 heteroatoms. The predicted octanol–water partition coefficient (Wildman–Crippen LogP) is 4.49. The number of aliphatic hydroxyl groups excluding tert-OH is 1. The van der Waals surface area contributed by atoms with E-state index in [-0.39, 0.29) is 24.7 Å². The minimum absolute atomic E-state index is 0.00404. The van der Waals surface area contributed by atoms with E-state index in [1.54, 1.807) is 18.3 Å². The van der Waals surface area contributed by atoms with Crippen molar-refractivity contribution in [3.63, 3.8) is 0 Å². The molecule has 1 aromatic heterocycles. The molecule has 0 unspecified atom stereocenters. The van der Waals surface area contributed by atoms with E-state index in [0.717, 1.165) is 29.8 Å². The molecule has 1 aliphatic rings. The van der Waals surface area contributed by atoms with E-state index >= 15 is 0 Å². The second kappa shape index (κ2) is 11.9. The van der Waals surface area contributed by atoms with Crippen LogP contribution < -0.4 is 5.32 Å². The van der Waals surface area contributed by atoms with E-state index in [9.17, 15) is 9.90 Å². The molecule has 182 valence electrons. The van der Waals surface area contributed by atoms with Crippen LogP contribution in [0.25, 0.3) is 0 Å². The van der Waals surface area contributed by atoms with Crippen molar-refractivity contribution in [1.82, 2.24) is 9.88 Å². The molecule has 1 fully saturated rings. The molecule has 0 spiro atoms. The van der Waals surface area contributed by atoms with Crippen LogP contribution in [0.15, 0.2) is 85.7 Å². The molecule has 2 aromatic carbocycles. The first kappa shape index (κ1) is 24.8. The normalized spacial score (nSPS) is 19.9. The third kappa shape index (κ3) is 6.61. The quantitative estimate of drug-likeness (QED) is 0.446. The molecule has 2 heterocycles. The Hall–Kier alpha value is -3.36. The van der Waals surface area contributed by atoms with Crippen molar-refractivity contribution in [3.05, 3.63) is 108 Å². The van der Waals surface area contributed by atoms with Crippen molar-refractivity contribution >= 4 is 11.6 Å². The van der Waals surface area contributed by atoms with Crippen molar-refractivity contribution in [3.8, 4) is 0 Å². The zero-order valence-electron chi connectivity index (χ0n) is 19.8. The van der Waals surface area contributed by atoms with Crippen LogP contribution in [0.3, 0.4) is 0 Å². The maximum atomic E-state index is 12.6. The van der Waals surface area contributed by atoms with Crippen molar-refractivity contribution in [2.24, 2.45) is 0 Å². The summed E-state index contributed by atoms with van der Waals surface area (Å²) in [6.45, 7) is 5.32.